The monoisotopic (exact) mass is 377 g/mol. The van der Waals surface area contributed by atoms with Gasteiger partial charge in [0.25, 0.3) is 5.91 Å². The van der Waals surface area contributed by atoms with E-state index in [9.17, 15) is 14.4 Å². The zero-order valence-corrected chi connectivity index (χ0v) is 15.7. The lowest BCUT2D eigenvalue weighted by molar-refractivity contribution is -0.148. The molecule has 0 radical (unpaired) electrons. The Hall–Kier alpha value is -3.61. The van der Waals surface area contributed by atoms with Crippen molar-refractivity contribution >= 4 is 34.4 Å². The fourth-order valence-corrected chi connectivity index (χ4v) is 2.91. The van der Waals surface area contributed by atoms with Gasteiger partial charge in [-0.1, -0.05) is 30.3 Å². The van der Waals surface area contributed by atoms with Crippen LogP contribution in [-0.4, -0.2) is 34.7 Å². The third-order valence-corrected chi connectivity index (χ3v) is 4.41. The number of nitrogens with zero attached hydrogens (tertiary/aromatic N) is 2. The average molecular weight is 377 g/mol. The number of fused-ring (bicyclic) bond motifs is 1. The summed E-state index contributed by atoms with van der Waals surface area (Å²) in [6.45, 7) is 3.64. The summed E-state index contributed by atoms with van der Waals surface area (Å²) in [6, 6.07) is 12.5. The number of benzene rings is 2. The summed E-state index contributed by atoms with van der Waals surface area (Å²) >= 11 is 0. The number of rotatable bonds is 5. The molecule has 0 bridgehead atoms. The van der Waals surface area contributed by atoms with Crippen LogP contribution in [0.2, 0.25) is 0 Å². The molecule has 1 heterocycles. The third kappa shape index (κ3) is 3.73. The van der Waals surface area contributed by atoms with Crippen LogP contribution in [0.3, 0.4) is 0 Å². The van der Waals surface area contributed by atoms with Crippen LogP contribution >= 0.6 is 0 Å². The Bertz CT molecular complexity index is 1060. The van der Waals surface area contributed by atoms with Crippen LogP contribution in [0.5, 0.6) is 0 Å². The average Bonchev–Trinajstić information content (AvgIpc) is 2.70. The number of para-hydroxylation sites is 3. The molecule has 0 aliphatic carbocycles. The smallest absolute Gasteiger partial charge is 0.323 e. The Morgan fingerprint density at radius 1 is 0.964 bits per heavy atom. The third-order valence-electron chi connectivity index (χ3n) is 4.41. The molecule has 1 aromatic heterocycles. The summed E-state index contributed by atoms with van der Waals surface area (Å²) in [5.41, 5.74) is 3.34. The molecule has 7 heteroatoms. The van der Waals surface area contributed by atoms with Crippen molar-refractivity contribution < 1.29 is 19.1 Å². The number of aromatic nitrogens is 2. The number of carbonyl (C=O) groups is 3. The summed E-state index contributed by atoms with van der Waals surface area (Å²) in [5.74, 6) is -4.24. The Morgan fingerprint density at radius 2 is 1.61 bits per heavy atom. The molecule has 142 valence electrons. The van der Waals surface area contributed by atoms with Gasteiger partial charge in [-0.05, 0) is 37.1 Å². The number of methoxy groups -OCH3 is 1. The fraction of sp³-hybridized carbons (Fsp3) is 0.190. The lowest BCUT2D eigenvalue weighted by atomic mass is 9.99. The molecule has 0 saturated carbocycles. The van der Waals surface area contributed by atoms with Gasteiger partial charge < -0.3 is 10.1 Å². The Kier molecular flexibility index (Phi) is 5.44. The van der Waals surface area contributed by atoms with E-state index in [0.29, 0.717) is 16.7 Å². The lowest BCUT2D eigenvalue weighted by Crippen LogP contribution is -2.34. The number of aryl methyl sites for hydroxylation is 2. The van der Waals surface area contributed by atoms with Gasteiger partial charge in [-0.25, -0.2) is 4.98 Å². The number of hydrogen-bond acceptors (Lipinski definition) is 6. The Balaban J connectivity index is 1.95. The van der Waals surface area contributed by atoms with E-state index in [0.717, 1.165) is 18.2 Å². The molecule has 0 aliphatic heterocycles. The van der Waals surface area contributed by atoms with Gasteiger partial charge in [0.15, 0.2) is 5.92 Å². The summed E-state index contributed by atoms with van der Waals surface area (Å²) in [7, 11) is 1.15. The van der Waals surface area contributed by atoms with Gasteiger partial charge in [0.05, 0.1) is 30.0 Å². The van der Waals surface area contributed by atoms with Crippen molar-refractivity contribution in [2.45, 2.75) is 19.8 Å². The molecular weight excluding hydrogens is 358 g/mol. The van der Waals surface area contributed by atoms with E-state index in [1.54, 1.807) is 24.3 Å². The second kappa shape index (κ2) is 7.96. The van der Waals surface area contributed by atoms with Crippen molar-refractivity contribution in [3.63, 3.8) is 0 Å². The Labute approximate surface area is 161 Å². The first-order valence-electron chi connectivity index (χ1n) is 8.63. The van der Waals surface area contributed by atoms with Gasteiger partial charge in [0, 0.05) is 5.69 Å². The molecule has 1 amide bonds. The molecule has 3 aromatic rings. The number of hydrogen-bond donors (Lipinski definition) is 1. The zero-order chi connectivity index (χ0) is 20.3. The molecule has 1 atom stereocenters. The number of nitrogens with one attached hydrogen (secondary N) is 1. The lowest BCUT2D eigenvalue weighted by Gasteiger charge is -2.15. The maximum absolute atomic E-state index is 12.8. The highest BCUT2D eigenvalue weighted by atomic mass is 16.5. The van der Waals surface area contributed by atoms with Gasteiger partial charge in [0.1, 0.15) is 0 Å². The van der Waals surface area contributed by atoms with Crippen LogP contribution in [-0.2, 0) is 19.1 Å². The van der Waals surface area contributed by atoms with E-state index in [1.807, 2.05) is 32.0 Å². The quantitative estimate of drug-likeness (QED) is 0.417. The highest BCUT2D eigenvalue weighted by Gasteiger charge is 2.36. The predicted molar refractivity (Wildman–Crippen MR) is 104 cm³/mol. The van der Waals surface area contributed by atoms with Crippen molar-refractivity contribution in [1.29, 1.82) is 0 Å². The highest BCUT2D eigenvalue weighted by molar-refractivity contribution is 6.45. The van der Waals surface area contributed by atoms with Crippen LogP contribution in [0.4, 0.5) is 5.69 Å². The van der Waals surface area contributed by atoms with Gasteiger partial charge in [-0.15, -0.1) is 0 Å². The summed E-state index contributed by atoms with van der Waals surface area (Å²) in [5, 5.41) is 2.60. The summed E-state index contributed by atoms with van der Waals surface area (Å²) in [4.78, 5) is 46.3. The van der Waals surface area contributed by atoms with Crippen LogP contribution in [0, 0.1) is 13.8 Å². The molecule has 0 unspecified atom stereocenters. The minimum atomic E-state index is -1.49. The van der Waals surface area contributed by atoms with E-state index in [-0.39, 0.29) is 5.69 Å². The number of anilines is 1. The highest BCUT2D eigenvalue weighted by Crippen LogP contribution is 2.22. The number of carbonyl (C=O) groups excluding carboxylic acids is 3. The van der Waals surface area contributed by atoms with Crippen LogP contribution in [0.1, 0.15) is 22.7 Å². The van der Waals surface area contributed by atoms with Crippen molar-refractivity contribution in [1.82, 2.24) is 9.97 Å². The normalized spacial score (nSPS) is 11.7. The largest absolute Gasteiger partial charge is 0.468 e. The van der Waals surface area contributed by atoms with Gasteiger partial charge in [-0.2, -0.15) is 0 Å². The molecule has 0 saturated heterocycles. The van der Waals surface area contributed by atoms with Crippen molar-refractivity contribution in [3.05, 3.63) is 65.5 Å². The molecular formula is C21H19N3O4. The van der Waals surface area contributed by atoms with E-state index in [2.05, 4.69) is 15.3 Å². The number of ether oxygens (including phenoxy) is 1. The van der Waals surface area contributed by atoms with Crippen LogP contribution in [0.25, 0.3) is 11.0 Å². The molecule has 7 nitrogen and oxygen atoms in total. The van der Waals surface area contributed by atoms with E-state index in [4.69, 9.17) is 4.74 Å². The first-order valence-corrected chi connectivity index (χ1v) is 8.63. The number of Topliss-reactive ketones (excluding diaryl/α,β-unsaturated/α-hetero) is 1. The van der Waals surface area contributed by atoms with Gasteiger partial charge in [-0.3, -0.25) is 19.4 Å². The molecule has 0 fully saturated rings. The number of esters is 1. The second-order valence-corrected chi connectivity index (χ2v) is 6.32. The van der Waals surface area contributed by atoms with E-state index in [1.165, 1.54) is 6.20 Å². The standard InChI is InChI=1S/C21H19N3O4/c1-12-7-6-8-13(2)18(12)24-20(26)19(25)17(21(27)28-3)16-11-22-14-9-4-5-10-15(14)23-16/h4-11,17H,1-3H3,(H,24,26)/t17-/m0/s1. The topological polar surface area (TPSA) is 98.2 Å². The minimum Gasteiger partial charge on any atom is -0.468 e. The summed E-state index contributed by atoms with van der Waals surface area (Å²) < 4.78 is 4.74. The molecule has 28 heavy (non-hydrogen) atoms. The van der Waals surface area contributed by atoms with Crippen LogP contribution in [0.15, 0.2) is 48.7 Å². The first kappa shape index (κ1) is 19.2. The number of amides is 1. The fourth-order valence-electron chi connectivity index (χ4n) is 2.91. The second-order valence-electron chi connectivity index (χ2n) is 6.32. The van der Waals surface area contributed by atoms with Crippen molar-refractivity contribution in [2.24, 2.45) is 0 Å². The first-order chi connectivity index (χ1) is 13.4. The maximum Gasteiger partial charge on any atom is 0.323 e. The molecule has 0 spiro atoms. The van der Waals surface area contributed by atoms with Gasteiger partial charge >= 0.3 is 5.97 Å². The zero-order valence-electron chi connectivity index (χ0n) is 15.7. The minimum absolute atomic E-state index is 0.0622. The summed E-state index contributed by atoms with van der Waals surface area (Å²) in [6.07, 6.45) is 1.31. The van der Waals surface area contributed by atoms with Crippen molar-refractivity contribution in [2.75, 3.05) is 12.4 Å². The molecule has 0 aliphatic rings. The van der Waals surface area contributed by atoms with Gasteiger partial charge in [0.2, 0.25) is 5.78 Å². The number of ketones is 1. The molecule has 2 aromatic carbocycles. The van der Waals surface area contributed by atoms with Crippen molar-refractivity contribution in [3.8, 4) is 0 Å². The van der Waals surface area contributed by atoms with E-state index >= 15 is 0 Å². The predicted octanol–water partition coefficient (Wildman–Crippen LogP) is 2.71. The molecule has 3 rings (SSSR count). The molecule has 1 N–H and O–H groups in total. The van der Waals surface area contributed by atoms with E-state index < -0.39 is 23.6 Å². The van der Waals surface area contributed by atoms with Crippen LogP contribution < -0.4 is 5.32 Å². The SMILES string of the molecule is COC(=O)[C@H](C(=O)C(=O)Nc1c(C)cccc1C)c1cnc2ccccc2n1. The maximum atomic E-state index is 12.8. The Morgan fingerprint density at radius 3 is 2.25 bits per heavy atom.